The van der Waals surface area contributed by atoms with E-state index in [9.17, 15) is 19.5 Å². The maximum Gasteiger partial charge on any atom is 0.416 e. The van der Waals surface area contributed by atoms with Crippen LogP contribution in [0.2, 0.25) is 0 Å². The van der Waals surface area contributed by atoms with Gasteiger partial charge in [-0.2, -0.15) is 0 Å². The molecule has 0 fully saturated rings. The van der Waals surface area contributed by atoms with Crippen molar-refractivity contribution >= 4 is 24.2 Å². The molecule has 69 heavy (non-hydrogen) atoms. The minimum atomic E-state index is -1.16. The predicted octanol–water partition coefficient (Wildman–Crippen LogP) is 10.3. The number of nitrogens with zero attached hydrogens (tertiary/aromatic N) is 4. The van der Waals surface area contributed by atoms with Crippen molar-refractivity contribution in [2.24, 2.45) is 4.99 Å². The van der Waals surface area contributed by atoms with Gasteiger partial charge in [0.15, 0.2) is 0 Å². The molecule has 5 aromatic carbocycles. The Balaban J connectivity index is 0.000000243. The first-order chi connectivity index (χ1) is 33.5. The SMILES string of the molecule is C=CCC(c1ccc(OCCc2nc(-c3ccccc3)oc2C)cc1)N(CC(=O)O)C(=O)Oc1ccc(OC)cc1.COC(=O)CN=Cc1ccc(OCCc2nc(-c3ccccc3)oc2C)cc1. The van der Waals surface area contributed by atoms with Gasteiger partial charge in [0.2, 0.25) is 11.8 Å². The standard InChI is InChI=1S/C32H32N2O7.C22H22N2O4/c1-4-8-29(34(21-30(35)36)32(37)41-27-17-15-25(38-3)16-18-27)23-11-13-26(14-12-23)39-20-19-28-22(2)40-31(33-28)24-9-6-5-7-10-24;1-16-20(24-22(28-16)18-6-4-3-5-7-18)12-13-27-19-10-8-17(9-11-19)14-23-15-21(25)26-2/h4-7,9-18,29H,1,8,19-21H2,2-3H3,(H,35,36);3-11,14H,12-13,15H2,1-2H3. The number of hydrogen-bond acceptors (Lipinski definition) is 13. The number of aliphatic imine (C=N–C) groups is 1. The van der Waals surface area contributed by atoms with Crippen molar-refractivity contribution in [3.8, 4) is 45.9 Å². The Hall–Kier alpha value is -8.46. The number of carbonyl (C=O) groups excluding carboxylic acids is 2. The highest BCUT2D eigenvalue weighted by molar-refractivity contribution is 5.82. The van der Waals surface area contributed by atoms with Gasteiger partial charge in [-0.15, -0.1) is 6.58 Å². The van der Waals surface area contributed by atoms with Crippen molar-refractivity contribution in [3.05, 3.63) is 180 Å². The fourth-order valence-electron chi connectivity index (χ4n) is 6.84. The number of aromatic nitrogens is 2. The molecular weight excluding hydrogens is 881 g/mol. The summed E-state index contributed by atoms with van der Waals surface area (Å²) in [4.78, 5) is 50.2. The van der Waals surface area contributed by atoms with E-state index < -0.39 is 24.6 Å². The summed E-state index contributed by atoms with van der Waals surface area (Å²) in [7, 11) is 2.87. The second kappa shape index (κ2) is 25.4. The van der Waals surface area contributed by atoms with E-state index in [-0.39, 0.29) is 18.3 Å². The molecule has 7 aromatic rings. The van der Waals surface area contributed by atoms with Crippen molar-refractivity contribution in [2.75, 3.05) is 40.5 Å². The third kappa shape index (κ3) is 15.0. The Bertz CT molecular complexity index is 2750. The molecule has 1 unspecified atom stereocenters. The monoisotopic (exact) mass is 934 g/mol. The number of aryl methyl sites for hydroxylation is 2. The lowest BCUT2D eigenvalue weighted by molar-refractivity contribution is -0.139. The van der Waals surface area contributed by atoms with E-state index in [4.69, 9.17) is 27.8 Å². The first kappa shape index (κ1) is 50.0. The molecule has 1 amide bonds. The third-order valence-electron chi connectivity index (χ3n) is 10.4. The second-order valence-corrected chi connectivity index (χ2v) is 15.3. The summed E-state index contributed by atoms with van der Waals surface area (Å²) in [5, 5.41) is 9.53. The van der Waals surface area contributed by atoms with E-state index in [1.54, 1.807) is 60.8 Å². The number of carboxylic acids is 1. The summed E-state index contributed by atoms with van der Waals surface area (Å²) >= 11 is 0. The van der Waals surface area contributed by atoms with Crippen molar-refractivity contribution in [3.63, 3.8) is 0 Å². The Labute approximate surface area is 400 Å². The van der Waals surface area contributed by atoms with Crippen LogP contribution in [0, 0.1) is 13.8 Å². The minimum Gasteiger partial charge on any atom is -0.497 e. The van der Waals surface area contributed by atoms with E-state index in [2.05, 4.69) is 26.3 Å². The highest BCUT2D eigenvalue weighted by Gasteiger charge is 2.28. The largest absolute Gasteiger partial charge is 0.497 e. The summed E-state index contributed by atoms with van der Waals surface area (Å²) in [6.07, 6.45) is 4.01. The van der Waals surface area contributed by atoms with Crippen molar-refractivity contribution in [1.82, 2.24) is 14.9 Å². The van der Waals surface area contributed by atoms with E-state index in [0.29, 0.717) is 61.3 Å². The quantitative estimate of drug-likeness (QED) is 0.0408. The number of carboxylic acid groups (broad SMARTS) is 1. The summed E-state index contributed by atoms with van der Waals surface area (Å²) < 4.78 is 38.5. The molecule has 15 heteroatoms. The molecule has 0 radical (unpaired) electrons. The summed E-state index contributed by atoms with van der Waals surface area (Å²) in [5.41, 5.74) is 5.19. The first-order valence-electron chi connectivity index (χ1n) is 22.0. The van der Waals surface area contributed by atoms with Crippen LogP contribution in [0.15, 0.2) is 160 Å². The van der Waals surface area contributed by atoms with Gasteiger partial charge in [-0.05, 0) is 116 Å². The lowest BCUT2D eigenvalue weighted by Gasteiger charge is -2.29. The molecule has 356 valence electrons. The lowest BCUT2D eigenvalue weighted by atomic mass is 10.0. The van der Waals surface area contributed by atoms with Gasteiger partial charge in [-0.1, -0.05) is 54.6 Å². The number of rotatable bonds is 21. The van der Waals surface area contributed by atoms with Crippen LogP contribution >= 0.6 is 0 Å². The molecule has 7 rings (SSSR count). The van der Waals surface area contributed by atoms with Gasteiger partial charge in [0.05, 0.1) is 44.9 Å². The summed E-state index contributed by atoms with van der Waals surface area (Å²) in [5.74, 6) is 3.48. The predicted molar refractivity (Wildman–Crippen MR) is 260 cm³/mol. The average molecular weight is 935 g/mol. The Morgan fingerprint density at radius 2 is 1.19 bits per heavy atom. The third-order valence-corrected chi connectivity index (χ3v) is 10.4. The highest BCUT2D eigenvalue weighted by atomic mass is 16.6. The molecule has 0 saturated heterocycles. The lowest BCUT2D eigenvalue weighted by Crippen LogP contribution is -2.40. The molecule has 1 atom stereocenters. The minimum absolute atomic E-state index is 0.0107. The zero-order valence-electron chi connectivity index (χ0n) is 38.9. The number of aliphatic carboxylic acids is 1. The molecule has 0 bridgehead atoms. The average Bonchev–Trinajstić information content (AvgIpc) is 3.94. The Morgan fingerprint density at radius 3 is 1.67 bits per heavy atom. The van der Waals surface area contributed by atoms with E-state index in [0.717, 1.165) is 45.3 Å². The molecule has 2 aromatic heterocycles. The number of methoxy groups -OCH3 is 2. The van der Waals surface area contributed by atoms with Crippen LogP contribution in [0.4, 0.5) is 4.79 Å². The molecule has 1 N–H and O–H groups in total. The molecular formula is C54H54N4O11. The van der Waals surface area contributed by atoms with Crippen LogP contribution in [0.5, 0.6) is 23.0 Å². The number of carbonyl (C=O) groups is 3. The molecule has 0 spiro atoms. The zero-order chi connectivity index (χ0) is 49.0. The molecule has 2 heterocycles. The van der Waals surface area contributed by atoms with Crippen molar-refractivity contribution in [2.45, 2.75) is 39.2 Å². The van der Waals surface area contributed by atoms with Gasteiger partial charge in [-0.25, -0.2) is 14.8 Å². The first-order valence-corrected chi connectivity index (χ1v) is 22.0. The van der Waals surface area contributed by atoms with Crippen LogP contribution in [-0.4, -0.2) is 84.7 Å². The second-order valence-electron chi connectivity index (χ2n) is 15.3. The maximum atomic E-state index is 13.1. The van der Waals surface area contributed by atoms with Crippen LogP contribution in [0.1, 0.15) is 46.5 Å². The Morgan fingerprint density at radius 1 is 0.696 bits per heavy atom. The van der Waals surface area contributed by atoms with Crippen molar-refractivity contribution in [1.29, 1.82) is 0 Å². The normalized spacial score (nSPS) is 11.2. The maximum absolute atomic E-state index is 13.1. The van der Waals surface area contributed by atoms with E-state index in [1.165, 1.54) is 19.1 Å². The molecule has 0 saturated carbocycles. The molecule has 0 aliphatic rings. The van der Waals surface area contributed by atoms with Gasteiger partial charge < -0.3 is 37.6 Å². The number of ether oxygens (including phenoxy) is 5. The number of esters is 1. The topological polar surface area (TPSA) is 185 Å². The smallest absolute Gasteiger partial charge is 0.416 e. The van der Waals surface area contributed by atoms with Crippen LogP contribution in [0.3, 0.4) is 0 Å². The molecule has 15 nitrogen and oxygen atoms in total. The van der Waals surface area contributed by atoms with Gasteiger partial charge in [0, 0.05) is 30.2 Å². The molecule has 0 aliphatic heterocycles. The highest BCUT2D eigenvalue weighted by Crippen LogP contribution is 2.29. The number of amides is 1. The number of oxazole rings is 2. The van der Waals surface area contributed by atoms with Gasteiger partial charge in [0.1, 0.15) is 47.6 Å². The number of benzene rings is 5. The summed E-state index contributed by atoms with van der Waals surface area (Å²) in [6, 6.07) is 40.0. The van der Waals surface area contributed by atoms with Crippen LogP contribution in [-0.2, 0) is 27.2 Å². The van der Waals surface area contributed by atoms with Crippen LogP contribution in [0.25, 0.3) is 22.9 Å². The zero-order valence-corrected chi connectivity index (χ0v) is 38.9. The Kier molecular flexibility index (Phi) is 18.4. The summed E-state index contributed by atoms with van der Waals surface area (Å²) in [6.45, 7) is 7.93. The van der Waals surface area contributed by atoms with Gasteiger partial charge in [0.25, 0.3) is 0 Å². The van der Waals surface area contributed by atoms with E-state index >= 15 is 0 Å². The van der Waals surface area contributed by atoms with Crippen LogP contribution < -0.4 is 18.9 Å². The van der Waals surface area contributed by atoms with Gasteiger partial charge in [-0.3, -0.25) is 19.5 Å². The fourth-order valence-corrected chi connectivity index (χ4v) is 6.84. The fraction of sp³-hybridized carbons (Fsp3) is 0.222. The van der Waals surface area contributed by atoms with Crippen molar-refractivity contribution < 1.29 is 52.0 Å². The molecule has 0 aliphatic carbocycles. The number of hydrogen-bond donors (Lipinski definition) is 1. The van der Waals surface area contributed by atoms with Gasteiger partial charge >= 0.3 is 18.0 Å². The van der Waals surface area contributed by atoms with E-state index in [1.807, 2.05) is 98.8 Å².